The molecule has 0 unspecified atom stereocenters. The monoisotopic (exact) mass is 433 g/mol. The zero-order valence-electron chi connectivity index (χ0n) is 15.0. The molecule has 5 nitrogen and oxygen atoms in total. The Kier molecular flexibility index (Phi) is 8.36. The van der Waals surface area contributed by atoms with Gasteiger partial charge in [-0.1, -0.05) is 19.8 Å². The predicted octanol–water partition coefficient (Wildman–Crippen LogP) is 3.41. The van der Waals surface area contributed by atoms with E-state index in [4.69, 9.17) is 4.99 Å². The average molecular weight is 433 g/mol. The maximum atomic E-state index is 4.95. The Bertz CT molecular complexity index is 491. The molecule has 1 aliphatic rings. The third kappa shape index (κ3) is 5.65. The Labute approximate surface area is 157 Å². The fraction of sp³-hybridized carbons (Fsp3) is 0.765. The number of aliphatic imine (C=N–C) groups is 1. The zero-order chi connectivity index (χ0) is 16.0. The molecule has 1 aromatic heterocycles. The molecular weight excluding hydrogens is 401 g/mol. The Morgan fingerprint density at radius 3 is 2.61 bits per heavy atom. The van der Waals surface area contributed by atoms with Crippen molar-refractivity contribution in [1.29, 1.82) is 0 Å². The number of aromatic nitrogens is 2. The average Bonchev–Trinajstić information content (AvgIpc) is 3.13. The molecule has 1 heterocycles. The van der Waals surface area contributed by atoms with Gasteiger partial charge in [0.2, 0.25) is 0 Å². The summed E-state index contributed by atoms with van der Waals surface area (Å²) < 4.78 is 1.85. The van der Waals surface area contributed by atoms with E-state index in [2.05, 4.69) is 42.4 Å². The molecule has 132 valence electrons. The number of nitrogens with zero attached hydrogens (tertiary/aromatic N) is 4. The molecule has 0 aromatic carbocycles. The SMILES string of the molecule is CCNC(=NCC1(CC)CCCC1)N(C)Cc1cnn(C)c1.I. The lowest BCUT2D eigenvalue weighted by atomic mass is 9.84. The lowest BCUT2D eigenvalue weighted by Crippen LogP contribution is -2.39. The van der Waals surface area contributed by atoms with Gasteiger partial charge >= 0.3 is 0 Å². The van der Waals surface area contributed by atoms with Crippen LogP contribution in [0, 0.1) is 5.41 Å². The van der Waals surface area contributed by atoms with E-state index in [-0.39, 0.29) is 24.0 Å². The minimum Gasteiger partial charge on any atom is -0.357 e. The van der Waals surface area contributed by atoms with Crippen LogP contribution in [-0.2, 0) is 13.6 Å². The largest absolute Gasteiger partial charge is 0.357 e. The number of nitrogens with one attached hydrogen (secondary N) is 1. The first kappa shape index (κ1) is 20.3. The van der Waals surface area contributed by atoms with Crippen molar-refractivity contribution in [2.45, 2.75) is 52.5 Å². The summed E-state index contributed by atoms with van der Waals surface area (Å²) in [4.78, 5) is 7.14. The maximum absolute atomic E-state index is 4.95. The van der Waals surface area contributed by atoms with Crippen molar-refractivity contribution < 1.29 is 0 Å². The molecular formula is C17H32IN5. The van der Waals surface area contributed by atoms with Gasteiger partial charge in [-0.2, -0.15) is 5.10 Å². The molecule has 1 N–H and O–H groups in total. The third-order valence-corrected chi connectivity index (χ3v) is 4.85. The number of aryl methyl sites for hydroxylation is 1. The smallest absolute Gasteiger partial charge is 0.193 e. The van der Waals surface area contributed by atoms with Crippen molar-refractivity contribution in [1.82, 2.24) is 20.0 Å². The summed E-state index contributed by atoms with van der Waals surface area (Å²) in [7, 11) is 4.05. The molecule has 0 atom stereocenters. The highest BCUT2D eigenvalue weighted by Crippen LogP contribution is 2.41. The van der Waals surface area contributed by atoms with E-state index in [1.165, 1.54) is 37.7 Å². The summed E-state index contributed by atoms with van der Waals surface area (Å²) in [6.07, 6.45) is 10.6. The van der Waals surface area contributed by atoms with Gasteiger partial charge in [0.25, 0.3) is 0 Å². The highest BCUT2D eigenvalue weighted by Gasteiger charge is 2.31. The van der Waals surface area contributed by atoms with Gasteiger partial charge in [0, 0.05) is 45.5 Å². The van der Waals surface area contributed by atoms with E-state index >= 15 is 0 Å². The van der Waals surface area contributed by atoms with Gasteiger partial charge in [-0.15, -0.1) is 24.0 Å². The van der Waals surface area contributed by atoms with Crippen LogP contribution in [0.4, 0.5) is 0 Å². The number of guanidine groups is 1. The number of halogens is 1. The molecule has 0 aliphatic heterocycles. The van der Waals surface area contributed by atoms with E-state index in [1.54, 1.807) is 0 Å². The summed E-state index contributed by atoms with van der Waals surface area (Å²) in [6, 6.07) is 0. The van der Waals surface area contributed by atoms with Gasteiger partial charge in [0.1, 0.15) is 0 Å². The topological polar surface area (TPSA) is 45.5 Å². The van der Waals surface area contributed by atoms with Crippen LogP contribution >= 0.6 is 24.0 Å². The van der Waals surface area contributed by atoms with Crippen LogP contribution in [-0.4, -0.2) is 40.8 Å². The van der Waals surface area contributed by atoms with Crippen LogP contribution in [0.2, 0.25) is 0 Å². The van der Waals surface area contributed by atoms with Crippen LogP contribution < -0.4 is 5.32 Å². The van der Waals surface area contributed by atoms with Crippen molar-refractivity contribution >= 4 is 29.9 Å². The van der Waals surface area contributed by atoms with Crippen LogP contribution in [0.3, 0.4) is 0 Å². The molecule has 0 amide bonds. The van der Waals surface area contributed by atoms with Gasteiger partial charge in [0.15, 0.2) is 5.96 Å². The van der Waals surface area contributed by atoms with Crippen molar-refractivity contribution in [3.8, 4) is 0 Å². The van der Waals surface area contributed by atoms with E-state index in [0.29, 0.717) is 5.41 Å². The molecule has 1 saturated carbocycles. The minimum absolute atomic E-state index is 0. The number of hydrogen-bond acceptors (Lipinski definition) is 2. The molecule has 23 heavy (non-hydrogen) atoms. The van der Waals surface area contributed by atoms with Crippen molar-refractivity contribution in [2.24, 2.45) is 17.5 Å². The zero-order valence-corrected chi connectivity index (χ0v) is 17.3. The fourth-order valence-corrected chi connectivity index (χ4v) is 3.36. The molecule has 1 fully saturated rings. The fourth-order valence-electron chi connectivity index (χ4n) is 3.36. The molecule has 0 saturated heterocycles. The molecule has 0 spiro atoms. The Morgan fingerprint density at radius 2 is 2.09 bits per heavy atom. The Balaban J connectivity index is 0.00000264. The van der Waals surface area contributed by atoms with E-state index in [0.717, 1.165) is 25.6 Å². The lowest BCUT2D eigenvalue weighted by Gasteiger charge is -2.27. The number of hydrogen-bond donors (Lipinski definition) is 1. The van der Waals surface area contributed by atoms with E-state index in [9.17, 15) is 0 Å². The van der Waals surface area contributed by atoms with E-state index in [1.807, 2.05) is 17.9 Å². The van der Waals surface area contributed by atoms with Gasteiger partial charge < -0.3 is 10.2 Å². The van der Waals surface area contributed by atoms with Crippen molar-refractivity contribution in [3.05, 3.63) is 18.0 Å². The molecule has 1 aliphatic carbocycles. The van der Waals surface area contributed by atoms with E-state index < -0.39 is 0 Å². The third-order valence-electron chi connectivity index (χ3n) is 4.85. The van der Waals surface area contributed by atoms with Gasteiger partial charge in [-0.3, -0.25) is 9.67 Å². The second-order valence-electron chi connectivity index (χ2n) is 6.61. The highest BCUT2D eigenvalue weighted by molar-refractivity contribution is 14.0. The van der Waals surface area contributed by atoms with Gasteiger partial charge in [-0.05, 0) is 31.6 Å². The molecule has 0 radical (unpaired) electrons. The Morgan fingerprint density at radius 1 is 1.39 bits per heavy atom. The molecule has 2 rings (SSSR count). The second-order valence-corrected chi connectivity index (χ2v) is 6.61. The summed E-state index contributed by atoms with van der Waals surface area (Å²) in [5, 5.41) is 7.66. The van der Waals surface area contributed by atoms with Crippen LogP contribution in [0.1, 0.15) is 51.5 Å². The normalized spacial score (nSPS) is 17.0. The summed E-state index contributed by atoms with van der Waals surface area (Å²) >= 11 is 0. The van der Waals surface area contributed by atoms with Gasteiger partial charge in [0.05, 0.1) is 6.20 Å². The van der Waals surface area contributed by atoms with Crippen molar-refractivity contribution in [2.75, 3.05) is 20.1 Å². The minimum atomic E-state index is 0. The number of rotatable bonds is 6. The summed E-state index contributed by atoms with van der Waals surface area (Å²) in [5.41, 5.74) is 1.65. The Hall–Kier alpha value is -0.790. The standard InChI is InChI=1S/C17H31N5.HI/c1-5-17(9-7-8-10-17)14-19-16(18-6-2)21(3)12-15-11-20-22(4)13-15;/h11,13H,5-10,12,14H2,1-4H3,(H,18,19);1H. The predicted molar refractivity (Wildman–Crippen MR) is 107 cm³/mol. The quantitative estimate of drug-likeness (QED) is 0.425. The highest BCUT2D eigenvalue weighted by atomic mass is 127. The second kappa shape index (κ2) is 9.49. The lowest BCUT2D eigenvalue weighted by molar-refractivity contribution is 0.295. The van der Waals surface area contributed by atoms with Crippen LogP contribution in [0.25, 0.3) is 0 Å². The first-order valence-corrected chi connectivity index (χ1v) is 8.55. The first-order valence-electron chi connectivity index (χ1n) is 8.55. The van der Waals surface area contributed by atoms with Crippen LogP contribution in [0.5, 0.6) is 0 Å². The van der Waals surface area contributed by atoms with Gasteiger partial charge in [-0.25, -0.2) is 0 Å². The molecule has 6 heteroatoms. The first-order chi connectivity index (χ1) is 10.6. The van der Waals surface area contributed by atoms with Crippen molar-refractivity contribution in [3.63, 3.8) is 0 Å². The maximum Gasteiger partial charge on any atom is 0.193 e. The molecule has 1 aromatic rings. The summed E-state index contributed by atoms with van der Waals surface area (Å²) in [5.74, 6) is 1.01. The van der Waals surface area contributed by atoms with Crippen LogP contribution in [0.15, 0.2) is 17.4 Å². The molecule has 0 bridgehead atoms. The summed E-state index contributed by atoms with van der Waals surface area (Å²) in [6.45, 7) is 7.11.